The lowest BCUT2D eigenvalue weighted by Gasteiger charge is -2.24. The van der Waals surface area contributed by atoms with Crippen LogP contribution in [0.1, 0.15) is 24.0 Å². The first kappa shape index (κ1) is 28.6. The average Bonchev–Trinajstić information content (AvgIpc) is 2.94. The Labute approximate surface area is 222 Å². The molecule has 11 nitrogen and oxygen atoms in total. The summed E-state index contributed by atoms with van der Waals surface area (Å²) in [4.78, 5) is 48.7. The van der Waals surface area contributed by atoms with Crippen LogP contribution in [0.3, 0.4) is 0 Å². The van der Waals surface area contributed by atoms with Gasteiger partial charge in [0, 0.05) is 45.1 Å². The fourth-order valence-electron chi connectivity index (χ4n) is 4.02. The number of hydrogen-bond donors (Lipinski definition) is 5. The Balaban J connectivity index is 1.64. The Hall–Kier alpha value is -3.93. The number of nitrogens with zero attached hydrogens (tertiary/aromatic N) is 3. The number of carbonyl (C=O) groups excluding carboxylic acids is 3. The van der Waals surface area contributed by atoms with Crippen molar-refractivity contribution in [2.75, 3.05) is 26.2 Å². The number of hydrogen-bond acceptors (Lipinski definition) is 8. The first-order valence-electron chi connectivity index (χ1n) is 12.7. The molecule has 0 aliphatic rings. The minimum Gasteiger partial charge on any atom is -0.350 e. The molecule has 0 fully saturated rings. The van der Waals surface area contributed by atoms with Gasteiger partial charge in [-0.25, -0.2) is 0 Å². The number of aromatic nitrogens is 2. The van der Waals surface area contributed by atoms with E-state index in [4.69, 9.17) is 17.2 Å². The third-order valence-corrected chi connectivity index (χ3v) is 6.08. The van der Waals surface area contributed by atoms with Crippen LogP contribution in [0.5, 0.6) is 0 Å². The molecule has 0 aliphatic heterocycles. The van der Waals surface area contributed by atoms with E-state index in [1.807, 2.05) is 48.5 Å². The van der Waals surface area contributed by atoms with Gasteiger partial charge in [0.1, 0.15) is 6.04 Å². The molecule has 0 unspecified atom stereocenters. The lowest BCUT2D eigenvalue weighted by Crippen LogP contribution is -2.53. The Morgan fingerprint density at radius 1 is 0.868 bits per heavy atom. The lowest BCUT2D eigenvalue weighted by atomic mass is 10.0. The summed E-state index contributed by atoms with van der Waals surface area (Å²) in [5, 5.41) is 5.63. The van der Waals surface area contributed by atoms with Gasteiger partial charge in [0.05, 0.1) is 23.5 Å². The van der Waals surface area contributed by atoms with E-state index in [0.29, 0.717) is 25.9 Å². The van der Waals surface area contributed by atoms with Crippen LogP contribution >= 0.6 is 0 Å². The molecule has 2 atom stereocenters. The van der Waals surface area contributed by atoms with Crippen LogP contribution < -0.4 is 27.8 Å². The van der Waals surface area contributed by atoms with Crippen molar-refractivity contribution in [2.45, 2.75) is 37.9 Å². The van der Waals surface area contributed by atoms with Crippen LogP contribution in [-0.4, -0.2) is 70.9 Å². The van der Waals surface area contributed by atoms with Gasteiger partial charge in [-0.1, -0.05) is 36.4 Å². The molecule has 3 amide bonds. The molecule has 1 heterocycles. The molecule has 0 aliphatic carbocycles. The fourth-order valence-corrected chi connectivity index (χ4v) is 4.02. The van der Waals surface area contributed by atoms with Gasteiger partial charge in [-0.15, -0.1) is 0 Å². The van der Waals surface area contributed by atoms with Crippen molar-refractivity contribution in [1.82, 2.24) is 25.5 Å². The summed E-state index contributed by atoms with van der Waals surface area (Å²) in [6.07, 6.45) is 3.95. The van der Waals surface area contributed by atoms with Gasteiger partial charge < -0.3 is 32.7 Å². The molecule has 0 saturated carbocycles. The average molecular weight is 521 g/mol. The second-order valence-electron chi connectivity index (χ2n) is 8.95. The highest BCUT2D eigenvalue weighted by Gasteiger charge is 2.26. The minimum atomic E-state index is -1.12. The summed E-state index contributed by atoms with van der Waals surface area (Å²) >= 11 is 0. The number of aryl methyl sites for hydroxylation is 1. The van der Waals surface area contributed by atoms with E-state index < -0.39 is 18.0 Å². The maximum Gasteiger partial charge on any atom is 0.242 e. The number of carbonyl (C=O) groups is 3. The maximum absolute atomic E-state index is 13.2. The zero-order chi connectivity index (χ0) is 27.3. The van der Waals surface area contributed by atoms with Crippen LogP contribution in [0.4, 0.5) is 0 Å². The van der Waals surface area contributed by atoms with E-state index >= 15 is 0 Å². The predicted octanol–water partition coefficient (Wildman–Crippen LogP) is -0.173. The molecule has 202 valence electrons. The van der Waals surface area contributed by atoms with Gasteiger partial charge in [-0.2, -0.15) is 0 Å². The Morgan fingerprint density at radius 2 is 1.55 bits per heavy atom. The molecule has 3 aromatic rings. The molecule has 8 N–H and O–H groups in total. The maximum atomic E-state index is 13.2. The smallest absolute Gasteiger partial charge is 0.242 e. The zero-order valence-corrected chi connectivity index (χ0v) is 21.4. The summed E-state index contributed by atoms with van der Waals surface area (Å²) in [5.41, 5.74) is 20.6. The van der Waals surface area contributed by atoms with Crippen molar-refractivity contribution in [3.05, 3.63) is 72.1 Å². The standard InChI is InChI=1S/C27H36N8O3/c28-10-14-35(15-11-29)25(36)17-21(30)26(37)34-23(9-6-19-4-2-1-3-5-19)27(38)33-18-20-7-8-22-24(16-20)32-13-12-31-22/h1-5,7-8,12-13,16,21,23H,6,9-11,14-15,17-18,28-30H2,(H,33,38)(H,34,37)/t21-,23-/m0/s1. The van der Waals surface area contributed by atoms with Crippen molar-refractivity contribution < 1.29 is 14.4 Å². The van der Waals surface area contributed by atoms with E-state index in [1.54, 1.807) is 12.4 Å². The highest BCUT2D eigenvalue weighted by molar-refractivity contribution is 5.92. The quantitative estimate of drug-likeness (QED) is 0.194. The first-order valence-corrected chi connectivity index (χ1v) is 12.7. The monoisotopic (exact) mass is 520 g/mol. The first-order chi connectivity index (χ1) is 18.4. The van der Waals surface area contributed by atoms with Crippen molar-refractivity contribution >= 4 is 28.8 Å². The van der Waals surface area contributed by atoms with Crippen LogP contribution in [0.25, 0.3) is 11.0 Å². The second-order valence-corrected chi connectivity index (χ2v) is 8.95. The summed E-state index contributed by atoms with van der Waals surface area (Å²) < 4.78 is 0. The molecule has 0 spiro atoms. The van der Waals surface area contributed by atoms with Crippen molar-refractivity contribution in [1.29, 1.82) is 0 Å². The molecular formula is C27H36N8O3. The molecule has 3 rings (SSSR count). The number of amides is 3. The molecular weight excluding hydrogens is 484 g/mol. The van der Waals surface area contributed by atoms with Crippen molar-refractivity contribution in [3.8, 4) is 0 Å². The lowest BCUT2D eigenvalue weighted by molar-refractivity contribution is -0.135. The number of nitrogens with two attached hydrogens (primary N) is 3. The van der Waals surface area contributed by atoms with E-state index in [1.165, 1.54) is 4.90 Å². The summed E-state index contributed by atoms with van der Waals surface area (Å²) in [5.74, 6) is -1.24. The zero-order valence-electron chi connectivity index (χ0n) is 21.4. The third kappa shape index (κ3) is 8.58. The highest BCUT2D eigenvalue weighted by Crippen LogP contribution is 2.11. The van der Waals surface area contributed by atoms with E-state index in [0.717, 1.165) is 22.2 Å². The Bertz CT molecular complexity index is 1200. The molecule has 0 saturated heterocycles. The van der Waals surface area contributed by atoms with Crippen molar-refractivity contribution in [3.63, 3.8) is 0 Å². The van der Waals surface area contributed by atoms with Crippen LogP contribution in [-0.2, 0) is 27.3 Å². The van der Waals surface area contributed by atoms with E-state index in [9.17, 15) is 14.4 Å². The van der Waals surface area contributed by atoms with Gasteiger partial charge in [-0.3, -0.25) is 24.4 Å². The summed E-state index contributed by atoms with van der Waals surface area (Å²) in [7, 11) is 0. The van der Waals surface area contributed by atoms with Gasteiger partial charge in [-0.05, 0) is 36.1 Å². The van der Waals surface area contributed by atoms with Gasteiger partial charge >= 0.3 is 0 Å². The molecule has 0 radical (unpaired) electrons. The molecule has 2 aromatic carbocycles. The van der Waals surface area contributed by atoms with Gasteiger partial charge in [0.25, 0.3) is 0 Å². The normalized spacial score (nSPS) is 12.5. The topological polar surface area (TPSA) is 182 Å². The fraction of sp³-hybridized carbons (Fsp3) is 0.370. The third-order valence-electron chi connectivity index (χ3n) is 6.08. The minimum absolute atomic E-state index is 0.211. The van der Waals surface area contributed by atoms with Gasteiger partial charge in [0.2, 0.25) is 17.7 Å². The van der Waals surface area contributed by atoms with Gasteiger partial charge in [0.15, 0.2) is 0 Å². The summed E-state index contributed by atoms with van der Waals surface area (Å²) in [6.45, 7) is 1.46. The van der Waals surface area contributed by atoms with Crippen LogP contribution in [0, 0.1) is 0 Å². The van der Waals surface area contributed by atoms with E-state index in [2.05, 4.69) is 20.6 Å². The van der Waals surface area contributed by atoms with Crippen molar-refractivity contribution in [2.24, 2.45) is 17.2 Å². The second kappa shape index (κ2) is 14.7. The number of fused-ring (bicyclic) bond motifs is 1. The number of benzene rings is 2. The Kier molecular flexibility index (Phi) is 11.1. The number of rotatable bonds is 14. The van der Waals surface area contributed by atoms with Crippen LogP contribution in [0.15, 0.2) is 60.9 Å². The number of nitrogens with one attached hydrogen (secondary N) is 2. The largest absolute Gasteiger partial charge is 0.350 e. The summed E-state index contributed by atoms with van der Waals surface area (Å²) in [6, 6.07) is 13.3. The highest BCUT2D eigenvalue weighted by atomic mass is 16.2. The predicted molar refractivity (Wildman–Crippen MR) is 145 cm³/mol. The molecule has 0 bridgehead atoms. The van der Waals surface area contributed by atoms with E-state index in [-0.39, 0.29) is 37.9 Å². The Morgan fingerprint density at radius 3 is 2.24 bits per heavy atom. The molecule has 38 heavy (non-hydrogen) atoms. The molecule has 1 aromatic heterocycles. The van der Waals surface area contributed by atoms with Crippen LogP contribution in [0.2, 0.25) is 0 Å². The molecule has 11 heteroatoms. The SMILES string of the molecule is NCCN(CCN)C(=O)C[C@H](N)C(=O)N[C@@H](CCc1ccccc1)C(=O)NCc1ccc2nccnc2c1.